The van der Waals surface area contributed by atoms with Crippen LogP contribution in [-0.2, 0) is 6.42 Å². The molecule has 84 valence electrons. The minimum atomic E-state index is -0.399. The Morgan fingerprint density at radius 1 is 1.33 bits per heavy atom. The molecule has 0 aliphatic heterocycles. The SMILES string of the molecule is CCc1cccnc1C(O)CCC(C)C. The number of aryl methyl sites for hydroxylation is 1. The monoisotopic (exact) mass is 207 g/mol. The summed E-state index contributed by atoms with van der Waals surface area (Å²) >= 11 is 0. The molecule has 1 aromatic rings. The molecule has 0 bridgehead atoms. The minimum absolute atomic E-state index is 0.399. The molecule has 0 amide bonds. The summed E-state index contributed by atoms with van der Waals surface area (Å²) in [6.45, 7) is 6.44. The van der Waals surface area contributed by atoms with E-state index in [2.05, 4.69) is 25.8 Å². The van der Waals surface area contributed by atoms with Crippen molar-refractivity contribution in [1.82, 2.24) is 4.98 Å². The third-order valence-corrected chi connectivity index (χ3v) is 2.64. The zero-order valence-electron chi connectivity index (χ0n) is 9.90. The molecule has 0 aromatic carbocycles. The standard InChI is InChI=1S/C13H21NO/c1-4-11-6-5-9-14-13(11)12(15)8-7-10(2)3/h5-6,9-10,12,15H,4,7-8H2,1-3H3. The molecular weight excluding hydrogens is 186 g/mol. The van der Waals surface area contributed by atoms with Crippen molar-refractivity contribution in [2.24, 2.45) is 5.92 Å². The topological polar surface area (TPSA) is 33.1 Å². The van der Waals surface area contributed by atoms with E-state index in [0.29, 0.717) is 5.92 Å². The summed E-state index contributed by atoms with van der Waals surface area (Å²) in [4.78, 5) is 4.28. The predicted octanol–water partition coefficient (Wildman–Crippen LogP) is 3.11. The third kappa shape index (κ3) is 3.63. The molecule has 2 heteroatoms. The van der Waals surface area contributed by atoms with Crippen LogP contribution in [0.2, 0.25) is 0 Å². The number of pyridine rings is 1. The van der Waals surface area contributed by atoms with Crippen molar-refractivity contribution < 1.29 is 5.11 Å². The van der Waals surface area contributed by atoms with Crippen molar-refractivity contribution in [3.63, 3.8) is 0 Å². The first kappa shape index (κ1) is 12.2. The van der Waals surface area contributed by atoms with Crippen LogP contribution in [-0.4, -0.2) is 10.1 Å². The number of aromatic nitrogens is 1. The summed E-state index contributed by atoms with van der Waals surface area (Å²) < 4.78 is 0. The normalized spacial score (nSPS) is 13.1. The van der Waals surface area contributed by atoms with Gasteiger partial charge in [-0.05, 0) is 36.8 Å². The number of aliphatic hydroxyl groups excluding tert-OH is 1. The predicted molar refractivity (Wildman–Crippen MR) is 62.6 cm³/mol. The lowest BCUT2D eigenvalue weighted by molar-refractivity contribution is 0.153. The van der Waals surface area contributed by atoms with Crippen LogP contribution in [0.25, 0.3) is 0 Å². The highest BCUT2D eigenvalue weighted by Gasteiger charge is 2.12. The van der Waals surface area contributed by atoms with Crippen LogP contribution in [0.3, 0.4) is 0 Å². The number of hydrogen-bond acceptors (Lipinski definition) is 2. The van der Waals surface area contributed by atoms with E-state index in [1.165, 1.54) is 0 Å². The fraction of sp³-hybridized carbons (Fsp3) is 0.615. The Bertz CT molecular complexity index is 296. The third-order valence-electron chi connectivity index (χ3n) is 2.64. The van der Waals surface area contributed by atoms with E-state index in [9.17, 15) is 5.11 Å². The molecule has 0 saturated carbocycles. The minimum Gasteiger partial charge on any atom is -0.387 e. The number of rotatable bonds is 5. The van der Waals surface area contributed by atoms with Crippen LogP contribution in [0.1, 0.15) is 51.0 Å². The molecule has 1 N–H and O–H groups in total. The van der Waals surface area contributed by atoms with E-state index in [1.807, 2.05) is 12.1 Å². The van der Waals surface area contributed by atoms with E-state index < -0.39 is 6.10 Å². The Hall–Kier alpha value is -0.890. The maximum Gasteiger partial charge on any atom is 0.0962 e. The van der Waals surface area contributed by atoms with Crippen molar-refractivity contribution in [1.29, 1.82) is 0 Å². The van der Waals surface area contributed by atoms with Crippen molar-refractivity contribution in [3.8, 4) is 0 Å². The van der Waals surface area contributed by atoms with Gasteiger partial charge in [0, 0.05) is 6.20 Å². The average Bonchev–Trinajstić information content (AvgIpc) is 2.25. The van der Waals surface area contributed by atoms with Gasteiger partial charge in [-0.15, -0.1) is 0 Å². The Balaban J connectivity index is 2.68. The van der Waals surface area contributed by atoms with E-state index in [4.69, 9.17) is 0 Å². The van der Waals surface area contributed by atoms with Crippen molar-refractivity contribution in [2.45, 2.75) is 46.1 Å². The molecule has 1 aromatic heterocycles. The van der Waals surface area contributed by atoms with E-state index >= 15 is 0 Å². The van der Waals surface area contributed by atoms with Gasteiger partial charge in [-0.1, -0.05) is 26.8 Å². The van der Waals surface area contributed by atoms with Gasteiger partial charge in [0.05, 0.1) is 11.8 Å². The maximum atomic E-state index is 10.0. The van der Waals surface area contributed by atoms with Gasteiger partial charge in [-0.25, -0.2) is 0 Å². The molecule has 0 spiro atoms. The first-order valence-corrected chi connectivity index (χ1v) is 5.77. The summed E-state index contributed by atoms with van der Waals surface area (Å²) in [5.74, 6) is 0.633. The van der Waals surface area contributed by atoms with Crippen LogP contribution < -0.4 is 0 Å². The second-order valence-corrected chi connectivity index (χ2v) is 4.39. The van der Waals surface area contributed by atoms with Gasteiger partial charge in [0.15, 0.2) is 0 Å². The molecule has 15 heavy (non-hydrogen) atoms. The van der Waals surface area contributed by atoms with Crippen molar-refractivity contribution in [3.05, 3.63) is 29.6 Å². The van der Waals surface area contributed by atoms with Gasteiger partial charge < -0.3 is 5.11 Å². The molecular formula is C13H21NO. The van der Waals surface area contributed by atoms with Crippen molar-refractivity contribution >= 4 is 0 Å². The fourth-order valence-corrected chi connectivity index (χ4v) is 1.68. The van der Waals surface area contributed by atoms with E-state index in [-0.39, 0.29) is 0 Å². The average molecular weight is 207 g/mol. The molecule has 0 saturated heterocycles. The fourth-order valence-electron chi connectivity index (χ4n) is 1.68. The molecule has 0 aliphatic carbocycles. The summed E-state index contributed by atoms with van der Waals surface area (Å²) in [6.07, 6.45) is 4.14. The summed E-state index contributed by atoms with van der Waals surface area (Å²) in [7, 11) is 0. The highest BCUT2D eigenvalue weighted by molar-refractivity contribution is 5.21. The Kier molecular flexibility index (Phi) is 4.76. The molecule has 1 unspecified atom stereocenters. The van der Waals surface area contributed by atoms with Gasteiger partial charge in [0.2, 0.25) is 0 Å². The smallest absolute Gasteiger partial charge is 0.0962 e. The Morgan fingerprint density at radius 2 is 2.07 bits per heavy atom. The molecule has 1 rings (SSSR count). The molecule has 0 fully saturated rings. The maximum absolute atomic E-state index is 10.0. The first-order valence-electron chi connectivity index (χ1n) is 5.77. The van der Waals surface area contributed by atoms with Crippen molar-refractivity contribution in [2.75, 3.05) is 0 Å². The van der Waals surface area contributed by atoms with E-state index in [0.717, 1.165) is 30.5 Å². The van der Waals surface area contributed by atoms with Gasteiger partial charge in [-0.2, -0.15) is 0 Å². The van der Waals surface area contributed by atoms with Crippen LogP contribution >= 0.6 is 0 Å². The van der Waals surface area contributed by atoms with E-state index in [1.54, 1.807) is 6.20 Å². The first-order chi connectivity index (χ1) is 7.15. The van der Waals surface area contributed by atoms with Crippen LogP contribution in [0.5, 0.6) is 0 Å². The zero-order valence-corrected chi connectivity index (χ0v) is 9.90. The Labute approximate surface area is 92.4 Å². The van der Waals surface area contributed by atoms with Gasteiger partial charge >= 0.3 is 0 Å². The molecule has 2 nitrogen and oxygen atoms in total. The van der Waals surface area contributed by atoms with Crippen LogP contribution in [0, 0.1) is 5.92 Å². The molecule has 1 atom stereocenters. The number of nitrogens with zero attached hydrogens (tertiary/aromatic N) is 1. The quantitative estimate of drug-likeness (QED) is 0.804. The highest BCUT2D eigenvalue weighted by Crippen LogP contribution is 2.22. The molecule has 1 heterocycles. The van der Waals surface area contributed by atoms with Gasteiger partial charge in [0.1, 0.15) is 0 Å². The zero-order chi connectivity index (χ0) is 11.3. The van der Waals surface area contributed by atoms with Gasteiger partial charge in [0.25, 0.3) is 0 Å². The lowest BCUT2D eigenvalue weighted by Crippen LogP contribution is -2.05. The number of aliphatic hydroxyl groups is 1. The van der Waals surface area contributed by atoms with Crippen LogP contribution in [0.15, 0.2) is 18.3 Å². The molecule has 0 aliphatic rings. The lowest BCUT2D eigenvalue weighted by Gasteiger charge is -2.14. The lowest BCUT2D eigenvalue weighted by atomic mass is 9.99. The molecule has 0 radical (unpaired) electrons. The summed E-state index contributed by atoms with van der Waals surface area (Å²) in [5.41, 5.74) is 2.02. The van der Waals surface area contributed by atoms with Gasteiger partial charge in [-0.3, -0.25) is 4.98 Å². The number of hydrogen-bond donors (Lipinski definition) is 1. The summed E-state index contributed by atoms with van der Waals surface area (Å²) in [5, 5.41) is 10.0. The Morgan fingerprint density at radius 3 is 2.67 bits per heavy atom. The second-order valence-electron chi connectivity index (χ2n) is 4.39. The second kappa shape index (κ2) is 5.86. The van der Waals surface area contributed by atoms with Crippen LogP contribution in [0.4, 0.5) is 0 Å². The highest BCUT2D eigenvalue weighted by atomic mass is 16.3. The largest absolute Gasteiger partial charge is 0.387 e. The summed E-state index contributed by atoms with van der Waals surface area (Å²) in [6, 6.07) is 3.97.